The minimum absolute atomic E-state index is 0.576. The van der Waals surface area contributed by atoms with Gasteiger partial charge in [0.25, 0.3) is 0 Å². The highest BCUT2D eigenvalue weighted by atomic mass is 15.1. The molecular weight excluding hydrogens is 238 g/mol. The third-order valence-corrected chi connectivity index (χ3v) is 4.07. The first-order chi connectivity index (χ1) is 9.40. The van der Waals surface area contributed by atoms with E-state index in [0.717, 1.165) is 24.7 Å². The lowest BCUT2D eigenvalue weighted by molar-refractivity contribution is 0.414. The number of piperidine rings is 1. The Balaban J connectivity index is 1.50. The van der Waals surface area contributed by atoms with Crippen LogP contribution in [-0.2, 0) is 0 Å². The van der Waals surface area contributed by atoms with Gasteiger partial charge in [-0.2, -0.15) is 0 Å². The molecule has 104 valence electrons. The Hall–Kier alpha value is -1.36. The van der Waals surface area contributed by atoms with E-state index >= 15 is 0 Å². The molecule has 1 saturated carbocycles. The van der Waals surface area contributed by atoms with Crippen LogP contribution >= 0.6 is 0 Å². The summed E-state index contributed by atoms with van der Waals surface area (Å²) >= 11 is 0. The summed E-state index contributed by atoms with van der Waals surface area (Å²) in [4.78, 5) is 8.56. The molecule has 0 aromatic carbocycles. The fourth-order valence-electron chi connectivity index (χ4n) is 2.62. The van der Waals surface area contributed by atoms with Gasteiger partial charge in [-0.25, -0.2) is 9.97 Å². The summed E-state index contributed by atoms with van der Waals surface area (Å²) in [6.07, 6.45) is 9.39. The van der Waals surface area contributed by atoms with Crippen LogP contribution in [0.1, 0.15) is 38.5 Å². The topological polar surface area (TPSA) is 61.9 Å². The van der Waals surface area contributed by atoms with Gasteiger partial charge in [0.15, 0.2) is 0 Å². The highest BCUT2D eigenvalue weighted by molar-refractivity contribution is 5.47. The molecule has 0 radical (unpaired) electrons. The van der Waals surface area contributed by atoms with Crippen molar-refractivity contribution in [2.45, 2.75) is 50.6 Å². The maximum atomic E-state index is 4.28. The number of nitrogens with one attached hydrogen (secondary N) is 3. The van der Waals surface area contributed by atoms with Crippen molar-refractivity contribution in [2.24, 2.45) is 0 Å². The Kier molecular flexibility index (Phi) is 4.13. The van der Waals surface area contributed by atoms with E-state index in [4.69, 9.17) is 0 Å². The van der Waals surface area contributed by atoms with Crippen molar-refractivity contribution >= 4 is 11.6 Å². The van der Waals surface area contributed by atoms with E-state index in [2.05, 4.69) is 25.9 Å². The van der Waals surface area contributed by atoms with Crippen LogP contribution in [0.2, 0.25) is 0 Å². The number of nitrogens with zero attached hydrogens (tertiary/aromatic N) is 2. The minimum Gasteiger partial charge on any atom is -0.368 e. The van der Waals surface area contributed by atoms with Crippen molar-refractivity contribution in [1.29, 1.82) is 0 Å². The van der Waals surface area contributed by atoms with E-state index in [1.807, 2.05) is 6.07 Å². The minimum atomic E-state index is 0.576. The van der Waals surface area contributed by atoms with Crippen LogP contribution in [0.4, 0.5) is 11.6 Å². The Morgan fingerprint density at radius 3 is 2.74 bits per heavy atom. The van der Waals surface area contributed by atoms with Crippen LogP contribution < -0.4 is 16.0 Å². The summed E-state index contributed by atoms with van der Waals surface area (Å²) in [6, 6.07) is 3.20. The van der Waals surface area contributed by atoms with E-state index in [0.29, 0.717) is 12.1 Å². The quantitative estimate of drug-likeness (QED) is 0.756. The van der Waals surface area contributed by atoms with E-state index in [1.165, 1.54) is 38.5 Å². The largest absolute Gasteiger partial charge is 0.368 e. The van der Waals surface area contributed by atoms with Crippen LogP contribution in [0.25, 0.3) is 0 Å². The van der Waals surface area contributed by atoms with Gasteiger partial charge in [0, 0.05) is 24.7 Å². The summed E-state index contributed by atoms with van der Waals surface area (Å²) in [5.74, 6) is 1.86. The number of hydrogen-bond donors (Lipinski definition) is 3. The average molecular weight is 261 g/mol. The lowest BCUT2D eigenvalue weighted by Crippen LogP contribution is -2.39. The zero-order chi connectivity index (χ0) is 12.9. The number of rotatable bonds is 5. The van der Waals surface area contributed by atoms with Gasteiger partial charge < -0.3 is 16.0 Å². The Labute approximate surface area is 114 Å². The number of anilines is 2. The summed E-state index contributed by atoms with van der Waals surface area (Å²) in [6.45, 7) is 2.09. The highest BCUT2D eigenvalue weighted by Gasteiger charge is 2.17. The third-order valence-electron chi connectivity index (χ3n) is 4.07. The molecule has 3 rings (SSSR count). The van der Waals surface area contributed by atoms with Crippen molar-refractivity contribution in [3.63, 3.8) is 0 Å². The van der Waals surface area contributed by atoms with Crippen LogP contribution in [0.3, 0.4) is 0 Å². The van der Waals surface area contributed by atoms with Gasteiger partial charge in [-0.1, -0.05) is 6.42 Å². The molecule has 1 atom stereocenters. The van der Waals surface area contributed by atoms with Gasteiger partial charge in [-0.05, 0) is 38.6 Å². The van der Waals surface area contributed by atoms with Crippen LogP contribution in [-0.4, -0.2) is 35.1 Å². The van der Waals surface area contributed by atoms with E-state index in [-0.39, 0.29) is 0 Å². The Morgan fingerprint density at radius 2 is 2.00 bits per heavy atom. The van der Waals surface area contributed by atoms with Gasteiger partial charge >= 0.3 is 0 Å². The molecule has 1 unspecified atom stereocenters. The third kappa shape index (κ3) is 3.56. The standard InChI is InChI=1S/C14H23N5/c1-2-7-15-12(4-1)9-16-13-8-14(18-10-17-13)19-11-5-3-6-11/h8,10-12,15H,1-7,9H2,(H2,16,17,18,19). The molecule has 5 nitrogen and oxygen atoms in total. The fraction of sp³-hybridized carbons (Fsp3) is 0.714. The van der Waals surface area contributed by atoms with Crippen LogP contribution in [0.5, 0.6) is 0 Å². The normalized spacial score (nSPS) is 23.7. The Morgan fingerprint density at radius 1 is 1.11 bits per heavy atom. The smallest absolute Gasteiger partial charge is 0.131 e. The predicted molar refractivity (Wildman–Crippen MR) is 77.4 cm³/mol. The second-order valence-corrected chi connectivity index (χ2v) is 5.59. The van der Waals surface area contributed by atoms with Crippen LogP contribution in [0.15, 0.2) is 12.4 Å². The van der Waals surface area contributed by atoms with Gasteiger partial charge in [0.1, 0.15) is 18.0 Å². The van der Waals surface area contributed by atoms with Crippen molar-refractivity contribution in [1.82, 2.24) is 15.3 Å². The van der Waals surface area contributed by atoms with Crippen molar-refractivity contribution < 1.29 is 0 Å². The monoisotopic (exact) mass is 261 g/mol. The van der Waals surface area contributed by atoms with Crippen molar-refractivity contribution in [3.8, 4) is 0 Å². The second-order valence-electron chi connectivity index (χ2n) is 5.59. The molecule has 5 heteroatoms. The molecule has 0 amide bonds. The summed E-state index contributed by atoms with van der Waals surface area (Å²) in [5, 5.41) is 10.4. The molecule has 0 spiro atoms. The zero-order valence-corrected chi connectivity index (χ0v) is 11.4. The highest BCUT2D eigenvalue weighted by Crippen LogP contribution is 2.22. The average Bonchev–Trinajstić information content (AvgIpc) is 2.42. The molecule has 1 aromatic heterocycles. The first-order valence-corrected chi connectivity index (χ1v) is 7.46. The number of aromatic nitrogens is 2. The van der Waals surface area contributed by atoms with Crippen molar-refractivity contribution in [3.05, 3.63) is 12.4 Å². The van der Waals surface area contributed by atoms with E-state index < -0.39 is 0 Å². The second kappa shape index (κ2) is 6.19. The zero-order valence-electron chi connectivity index (χ0n) is 11.4. The molecule has 1 saturated heterocycles. The molecule has 19 heavy (non-hydrogen) atoms. The summed E-state index contributed by atoms with van der Waals surface area (Å²) in [5.41, 5.74) is 0. The SMILES string of the molecule is c1nc(NCC2CCCCN2)cc(NC2CCC2)n1. The summed E-state index contributed by atoms with van der Waals surface area (Å²) in [7, 11) is 0. The predicted octanol–water partition coefficient (Wildman–Crippen LogP) is 1.99. The molecule has 3 N–H and O–H groups in total. The Bertz CT molecular complexity index is 399. The molecule has 1 aliphatic heterocycles. The van der Waals surface area contributed by atoms with E-state index in [1.54, 1.807) is 6.33 Å². The lowest BCUT2D eigenvalue weighted by Gasteiger charge is -2.27. The van der Waals surface area contributed by atoms with Gasteiger partial charge in [-0.15, -0.1) is 0 Å². The summed E-state index contributed by atoms with van der Waals surface area (Å²) < 4.78 is 0. The molecule has 2 fully saturated rings. The van der Waals surface area contributed by atoms with Gasteiger partial charge in [0.05, 0.1) is 0 Å². The molecule has 1 aromatic rings. The molecule has 2 heterocycles. The first kappa shape index (κ1) is 12.7. The van der Waals surface area contributed by atoms with Gasteiger partial charge in [0.2, 0.25) is 0 Å². The first-order valence-electron chi connectivity index (χ1n) is 7.46. The van der Waals surface area contributed by atoms with Gasteiger partial charge in [-0.3, -0.25) is 0 Å². The molecular formula is C14H23N5. The van der Waals surface area contributed by atoms with E-state index in [9.17, 15) is 0 Å². The lowest BCUT2D eigenvalue weighted by atomic mass is 9.93. The van der Waals surface area contributed by atoms with Crippen LogP contribution in [0, 0.1) is 0 Å². The molecule has 1 aliphatic carbocycles. The van der Waals surface area contributed by atoms with Crippen molar-refractivity contribution in [2.75, 3.05) is 23.7 Å². The fourth-order valence-corrected chi connectivity index (χ4v) is 2.62. The number of hydrogen-bond acceptors (Lipinski definition) is 5. The molecule has 0 bridgehead atoms. The maximum Gasteiger partial charge on any atom is 0.131 e. The molecule has 2 aliphatic rings. The maximum absolute atomic E-state index is 4.28.